The number of hydrogen-bond acceptors (Lipinski definition) is 2. The van der Waals surface area contributed by atoms with E-state index in [-0.39, 0.29) is 6.04 Å². The van der Waals surface area contributed by atoms with Gasteiger partial charge in [-0.1, -0.05) is 28.1 Å². The third-order valence-electron chi connectivity index (χ3n) is 2.77. The minimum absolute atomic E-state index is 0.139. The molecule has 0 aromatic heterocycles. The van der Waals surface area contributed by atoms with Crippen molar-refractivity contribution in [3.8, 4) is 5.75 Å². The molecule has 4 heteroatoms. The van der Waals surface area contributed by atoms with Crippen LogP contribution in [0.25, 0.3) is 0 Å². The molecule has 0 heterocycles. The molecule has 0 saturated heterocycles. The zero-order chi connectivity index (χ0) is 13.1. The summed E-state index contributed by atoms with van der Waals surface area (Å²) in [6.07, 6.45) is 0. The van der Waals surface area contributed by atoms with Gasteiger partial charge in [0.25, 0.3) is 0 Å². The van der Waals surface area contributed by atoms with Crippen molar-refractivity contribution in [2.75, 3.05) is 7.11 Å². The number of benzene rings is 2. The van der Waals surface area contributed by atoms with Crippen LogP contribution >= 0.6 is 38.5 Å². The minimum Gasteiger partial charge on any atom is -0.497 e. The number of methoxy groups -OCH3 is 1. The predicted molar refractivity (Wildman–Crippen MR) is 85.9 cm³/mol. The van der Waals surface area contributed by atoms with Gasteiger partial charge in [0.1, 0.15) is 5.75 Å². The molecule has 0 aliphatic heterocycles. The Morgan fingerprint density at radius 1 is 1.17 bits per heavy atom. The predicted octanol–water partition coefficient (Wildman–Crippen LogP) is 4.11. The molecule has 1 unspecified atom stereocenters. The summed E-state index contributed by atoms with van der Waals surface area (Å²) in [6.45, 7) is 0. The molecule has 2 aromatic rings. The number of halogens is 2. The molecule has 0 fully saturated rings. The Morgan fingerprint density at radius 3 is 2.44 bits per heavy atom. The topological polar surface area (TPSA) is 35.2 Å². The first-order chi connectivity index (χ1) is 8.61. The van der Waals surface area contributed by atoms with E-state index in [0.717, 1.165) is 21.3 Å². The van der Waals surface area contributed by atoms with Crippen LogP contribution in [0.1, 0.15) is 17.2 Å². The first kappa shape index (κ1) is 13.8. The van der Waals surface area contributed by atoms with E-state index in [4.69, 9.17) is 10.5 Å². The molecule has 94 valence electrons. The fourth-order valence-corrected chi connectivity index (χ4v) is 2.75. The van der Waals surface area contributed by atoms with Gasteiger partial charge in [-0.15, -0.1) is 0 Å². The van der Waals surface area contributed by atoms with Gasteiger partial charge in [0.2, 0.25) is 0 Å². The van der Waals surface area contributed by atoms with Gasteiger partial charge < -0.3 is 10.5 Å². The maximum atomic E-state index is 6.30. The average Bonchev–Trinajstić information content (AvgIpc) is 2.41. The quantitative estimate of drug-likeness (QED) is 0.762. The average molecular weight is 418 g/mol. The highest BCUT2D eigenvalue weighted by Gasteiger charge is 2.12. The minimum atomic E-state index is -0.139. The van der Waals surface area contributed by atoms with Gasteiger partial charge in [0, 0.05) is 8.04 Å². The molecule has 2 aromatic carbocycles. The first-order valence-electron chi connectivity index (χ1n) is 5.46. The van der Waals surface area contributed by atoms with Crippen molar-refractivity contribution in [1.82, 2.24) is 0 Å². The molecule has 1 atom stereocenters. The van der Waals surface area contributed by atoms with Crippen molar-refractivity contribution in [3.63, 3.8) is 0 Å². The fraction of sp³-hybridized carbons (Fsp3) is 0.143. The van der Waals surface area contributed by atoms with Gasteiger partial charge in [-0.3, -0.25) is 0 Å². The fourth-order valence-electron chi connectivity index (χ4n) is 1.74. The van der Waals surface area contributed by atoms with E-state index >= 15 is 0 Å². The lowest BCUT2D eigenvalue weighted by molar-refractivity contribution is 0.414. The van der Waals surface area contributed by atoms with Crippen LogP contribution in [-0.4, -0.2) is 7.11 Å². The van der Waals surface area contributed by atoms with Gasteiger partial charge in [-0.05, 0) is 64.0 Å². The highest BCUT2D eigenvalue weighted by Crippen LogP contribution is 2.29. The molecule has 2 N–H and O–H groups in total. The van der Waals surface area contributed by atoms with Crippen LogP contribution in [0.2, 0.25) is 0 Å². The second kappa shape index (κ2) is 6.04. The van der Waals surface area contributed by atoms with Crippen LogP contribution in [0.3, 0.4) is 0 Å². The molecular formula is C14H13BrINO. The van der Waals surface area contributed by atoms with Gasteiger partial charge >= 0.3 is 0 Å². The molecule has 0 amide bonds. The van der Waals surface area contributed by atoms with Crippen molar-refractivity contribution < 1.29 is 4.74 Å². The van der Waals surface area contributed by atoms with E-state index in [1.54, 1.807) is 7.11 Å². The number of rotatable bonds is 3. The summed E-state index contributed by atoms with van der Waals surface area (Å²) in [5.74, 6) is 0.840. The summed E-state index contributed by atoms with van der Waals surface area (Å²) in [6, 6.07) is 13.9. The molecule has 0 radical (unpaired) electrons. The maximum Gasteiger partial charge on any atom is 0.118 e. The van der Waals surface area contributed by atoms with Crippen LogP contribution in [-0.2, 0) is 0 Å². The van der Waals surface area contributed by atoms with Crippen molar-refractivity contribution in [3.05, 3.63) is 61.6 Å². The van der Waals surface area contributed by atoms with Crippen molar-refractivity contribution in [2.45, 2.75) is 6.04 Å². The third kappa shape index (κ3) is 3.05. The second-order valence-electron chi connectivity index (χ2n) is 3.92. The summed E-state index contributed by atoms with van der Waals surface area (Å²) < 4.78 is 7.36. The van der Waals surface area contributed by atoms with Crippen LogP contribution in [0.4, 0.5) is 0 Å². The van der Waals surface area contributed by atoms with Crippen molar-refractivity contribution in [1.29, 1.82) is 0 Å². The molecule has 0 aliphatic carbocycles. The van der Waals surface area contributed by atoms with E-state index in [1.807, 2.05) is 30.3 Å². The van der Waals surface area contributed by atoms with Crippen molar-refractivity contribution >= 4 is 38.5 Å². The van der Waals surface area contributed by atoms with Crippen molar-refractivity contribution in [2.24, 2.45) is 5.73 Å². The lowest BCUT2D eigenvalue weighted by Gasteiger charge is -2.15. The zero-order valence-corrected chi connectivity index (χ0v) is 13.6. The van der Waals surface area contributed by atoms with Crippen LogP contribution < -0.4 is 10.5 Å². The summed E-state index contributed by atoms with van der Waals surface area (Å²) in [7, 11) is 1.66. The van der Waals surface area contributed by atoms with E-state index in [2.05, 4.69) is 50.7 Å². The molecule has 0 bridgehead atoms. The summed E-state index contributed by atoms with van der Waals surface area (Å²) in [4.78, 5) is 0. The highest BCUT2D eigenvalue weighted by molar-refractivity contribution is 14.1. The molecule has 0 aliphatic rings. The normalized spacial score (nSPS) is 12.2. The Kier molecular flexibility index (Phi) is 4.64. The number of hydrogen-bond donors (Lipinski definition) is 1. The monoisotopic (exact) mass is 417 g/mol. The van der Waals surface area contributed by atoms with Gasteiger partial charge in [-0.25, -0.2) is 0 Å². The first-order valence-corrected chi connectivity index (χ1v) is 7.33. The molecule has 0 saturated carbocycles. The standard InChI is InChI=1S/C14H13BrINO/c1-18-11-5-2-9(3-6-11)14(17)12-8-10(16)4-7-13(12)15/h2-8,14H,17H2,1H3. The Labute approximate surface area is 129 Å². The molecular weight excluding hydrogens is 405 g/mol. The Bertz CT molecular complexity index is 542. The highest BCUT2D eigenvalue weighted by atomic mass is 127. The summed E-state index contributed by atoms with van der Waals surface area (Å²) in [5, 5.41) is 0. The van der Waals surface area contributed by atoms with Gasteiger partial charge in [0.05, 0.1) is 13.2 Å². The van der Waals surface area contributed by atoms with Gasteiger partial charge in [0.15, 0.2) is 0 Å². The third-order valence-corrected chi connectivity index (χ3v) is 4.16. The SMILES string of the molecule is COc1ccc(C(N)c2cc(I)ccc2Br)cc1. The summed E-state index contributed by atoms with van der Waals surface area (Å²) >= 11 is 5.84. The van der Waals surface area contributed by atoms with E-state index in [0.29, 0.717) is 0 Å². The molecule has 0 spiro atoms. The molecule has 18 heavy (non-hydrogen) atoms. The Morgan fingerprint density at radius 2 is 1.83 bits per heavy atom. The Balaban J connectivity index is 2.34. The zero-order valence-electron chi connectivity index (χ0n) is 9.86. The lowest BCUT2D eigenvalue weighted by Crippen LogP contribution is -2.12. The molecule has 2 nitrogen and oxygen atoms in total. The number of nitrogens with two attached hydrogens (primary N) is 1. The summed E-state index contributed by atoms with van der Waals surface area (Å²) in [5.41, 5.74) is 8.46. The van der Waals surface area contributed by atoms with Crippen LogP contribution in [0.15, 0.2) is 46.9 Å². The van der Waals surface area contributed by atoms with E-state index in [9.17, 15) is 0 Å². The van der Waals surface area contributed by atoms with E-state index in [1.165, 1.54) is 3.57 Å². The largest absolute Gasteiger partial charge is 0.497 e. The molecule has 2 rings (SSSR count). The Hall–Kier alpha value is -0.590. The second-order valence-corrected chi connectivity index (χ2v) is 6.02. The van der Waals surface area contributed by atoms with Crippen LogP contribution in [0.5, 0.6) is 5.75 Å². The van der Waals surface area contributed by atoms with Gasteiger partial charge in [-0.2, -0.15) is 0 Å². The number of ether oxygens (including phenoxy) is 1. The van der Waals surface area contributed by atoms with Crippen LogP contribution in [0, 0.1) is 3.57 Å². The lowest BCUT2D eigenvalue weighted by atomic mass is 10.00. The maximum absolute atomic E-state index is 6.30. The van der Waals surface area contributed by atoms with E-state index < -0.39 is 0 Å². The smallest absolute Gasteiger partial charge is 0.118 e.